The molecule has 4 aromatic carbocycles. The third-order valence-corrected chi connectivity index (χ3v) is 9.15. The Morgan fingerprint density at radius 3 is 1.68 bits per heavy atom. The van der Waals surface area contributed by atoms with Crippen molar-refractivity contribution < 1.29 is 18.0 Å². The van der Waals surface area contributed by atoms with E-state index in [4.69, 9.17) is 0 Å². The third-order valence-electron chi connectivity index (χ3n) is 6.60. The number of carbonyl (C=O) groups excluding carboxylic acids is 2. The van der Waals surface area contributed by atoms with Crippen LogP contribution in [-0.2, 0) is 15.4 Å². The van der Waals surface area contributed by atoms with Gasteiger partial charge in [0.1, 0.15) is 0 Å². The number of anilines is 3. The molecule has 0 spiro atoms. The lowest BCUT2D eigenvalue weighted by Gasteiger charge is -2.20. The molecular weight excluding hydrogens is 555 g/mol. The fraction of sp³-hybridized carbons (Fsp3) is 0.188. The minimum absolute atomic E-state index is 0.00404. The molecule has 0 aliphatic rings. The third kappa shape index (κ3) is 7.17. The minimum atomic E-state index is -3.75. The van der Waals surface area contributed by atoms with Crippen LogP contribution in [0.3, 0.4) is 0 Å². The monoisotopic (exact) mass is 587 g/mol. The maximum atomic E-state index is 13.1. The second-order valence-corrected chi connectivity index (χ2v) is 13.4. The van der Waals surface area contributed by atoms with E-state index >= 15 is 0 Å². The maximum Gasteiger partial charge on any atom is 0.264 e. The highest BCUT2D eigenvalue weighted by atomic mass is 32.2. The standard InChI is InChI=1S/C32H33N3O4S2/c1-32(2,3)24-13-9-22(10-14-24)30(36)33-25-7-6-8-26(21-25)34-31(37)23-11-15-27(16-12-23)35(4)41(38,39)29-19-17-28(40-5)18-20-29/h6-21H,1-5H3,(H,33,36)(H,34,37). The first-order valence-corrected chi connectivity index (χ1v) is 15.6. The molecule has 0 unspecified atom stereocenters. The molecule has 41 heavy (non-hydrogen) atoms. The van der Waals surface area contributed by atoms with Crippen LogP contribution in [0.4, 0.5) is 17.1 Å². The second kappa shape index (κ2) is 12.2. The molecule has 0 aliphatic carbocycles. The Kier molecular flexibility index (Phi) is 8.89. The SMILES string of the molecule is CSc1ccc(S(=O)(=O)N(C)c2ccc(C(=O)Nc3cccc(NC(=O)c4ccc(C(C)(C)C)cc4)c3)cc2)cc1. The van der Waals surface area contributed by atoms with Crippen LogP contribution in [-0.4, -0.2) is 33.5 Å². The van der Waals surface area contributed by atoms with Crippen molar-refractivity contribution in [3.8, 4) is 0 Å². The summed E-state index contributed by atoms with van der Waals surface area (Å²) in [6, 6.07) is 27.4. The molecule has 0 saturated heterocycles. The maximum absolute atomic E-state index is 13.1. The Hall–Kier alpha value is -4.08. The van der Waals surface area contributed by atoms with Gasteiger partial charge in [-0.2, -0.15) is 0 Å². The zero-order valence-corrected chi connectivity index (χ0v) is 25.3. The number of amides is 2. The highest BCUT2D eigenvalue weighted by Gasteiger charge is 2.21. The summed E-state index contributed by atoms with van der Waals surface area (Å²) in [4.78, 5) is 26.8. The number of nitrogens with zero attached hydrogens (tertiary/aromatic N) is 1. The topological polar surface area (TPSA) is 95.6 Å². The van der Waals surface area contributed by atoms with Crippen LogP contribution in [0.25, 0.3) is 0 Å². The molecule has 212 valence electrons. The van der Waals surface area contributed by atoms with Gasteiger partial charge in [0.05, 0.1) is 10.6 Å². The molecule has 0 aromatic heterocycles. The van der Waals surface area contributed by atoms with E-state index in [2.05, 4.69) is 31.4 Å². The van der Waals surface area contributed by atoms with Gasteiger partial charge in [-0.3, -0.25) is 13.9 Å². The van der Waals surface area contributed by atoms with Gasteiger partial charge in [-0.25, -0.2) is 8.42 Å². The van der Waals surface area contributed by atoms with Crippen LogP contribution in [0.1, 0.15) is 47.1 Å². The summed E-state index contributed by atoms with van der Waals surface area (Å²) < 4.78 is 27.3. The molecule has 9 heteroatoms. The van der Waals surface area contributed by atoms with E-state index in [1.807, 2.05) is 18.4 Å². The smallest absolute Gasteiger partial charge is 0.264 e. The van der Waals surface area contributed by atoms with E-state index in [1.54, 1.807) is 84.9 Å². The zero-order chi connectivity index (χ0) is 29.8. The Morgan fingerprint density at radius 2 is 1.22 bits per heavy atom. The first kappa shape index (κ1) is 29.9. The van der Waals surface area contributed by atoms with E-state index < -0.39 is 10.0 Å². The van der Waals surface area contributed by atoms with E-state index in [0.29, 0.717) is 28.2 Å². The van der Waals surface area contributed by atoms with Gasteiger partial charge in [0.15, 0.2) is 0 Å². The molecule has 4 aromatic rings. The lowest BCUT2D eigenvalue weighted by molar-refractivity contribution is 0.101. The van der Waals surface area contributed by atoms with Crippen molar-refractivity contribution in [1.29, 1.82) is 0 Å². The number of hydrogen-bond donors (Lipinski definition) is 2. The Balaban J connectivity index is 1.41. The fourth-order valence-corrected chi connectivity index (χ4v) is 5.67. The van der Waals surface area contributed by atoms with Crippen molar-refractivity contribution in [2.45, 2.75) is 36.0 Å². The van der Waals surface area contributed by atoms with Crippen LogP contribution in [0, 0.1) is 0 Å². The van der Waals surface area contributed by atoms with Gasteiger partial charge >= 0.3 is 0 Å². The largest absolute Gasteiger partial charge is 0.322 e. The molecule has 0 saturated carbocycles. The van der Waals surface area contributed by atoms with Gasteiger partial charge < -0.3 is 10.6 Å². The molecule has 0 heterocycles. The van der Waals surface area contributed by atoms with Crippen molar-refractivity contribution in [2.75, 3.05) is 28.2 Å². The highest BCUT2D eigenvalue weighted by molar-refractivity contribution is 7.98. The summed E-state index contributed by atoms with van der Waals surface area (Å²) in [6.07, 6.45) is 1.93. The van der Waals surface area contributed by atoms with Crippen LogP contribution in [0.2, 0.25) is 0 Å². The zero-order valence-electron chi connectivity index (χ0n) is 23.6. The van der Waals surface area contributed by atoms with Crippen molar-refractivity contribution >= 4 is 50.7 Å². The molecule has 7 nitrogen and oxygen atoms in total. The van der Waals surface area contributed by atoms with Gasteiger partial charge in [0.25, 0.3) is 21.8 Å². The lowest BCUT2D eigenvalue weighted by atomic mass is 9.87. The number of carbonyl (C=O) groups is 2. The summed E-state index contributed by atoms with van der Waals surface area (Å²) in [5, 5.41) is 5.70. The highest BCUT2D eigenvalue weighted by Crippen LogP contribution is 2.26. The lowest BCUT2D eigenvalue weighted by Crippen LogP contribution is -2.26. The number of sulfonamides is 1. The normalized spacial score (nSPS) is 11.5. The van der Waals surface area contributed by atoms with Gasteiger partial charge in [0.2, 0.25) is 0 Å². The first-order valence-electron chi connectivity index (χ1n) is 12.9. The summed E-state index contributed by atoms with van der Waals surface area (Å²) in [5.41, 5.74) is 3.51. The van der Waals surface area contributed by atoms with E-state index in [9.17, 15) is 18.0 Å². The minimum Gasteiger partial charge on any atom is -0.322 e. The second-order valence-electron chi connectivity index (χ2n) is 10.5. The summed E-state index contributed by atoms with van der Waals surface area (Å²) in [5.74, 6) is -0.611. The van der Waals surface area contributed by atoms with Crippen molar-refractivity contribution in [3.05, 3.63) is 114 Å². The van der Waals surface area contributed by atoms with E-state index in [-0.39, 0.29) is 22.1 Å². The Bertz CT molecular complexity index is 1640. The molecular formula is C32H33N3O4S2. The molecule has 0 radical (unpaired) electrons. The predicted octanol–water partition coefficient (Wildman–Crippen LogP) is 7.04. The molecule has 0 bridgehead atoms. The molecule has 0 aliphatic heterocycles. The van der Waals surface area contributed by atoms with Crippen LogP contribution in [0.5, 0.6) is 0 Å². The quantitative estimate of drug-likeness (QED) is 0.216. The van der Waals surface area contributed by atoms with Crippen molar-refractivity contribution in [1.82, 2.24) is 0 Å². The molecule has 2 amide bonds. The number of thioether (sulfide) groups is 1. The molecule has 4 rings (SSSR count). The predicted molar refractivity (Wildman–Crippen MR) is 168 cm³/mol. The first-order chi connectivity index (χ1) is 19.4. The summed E-state index contributed by atoms with van der Waals surface area (Å²) in [7, 11) is -2.28. The van der Waals surface area contributed by atoms with E-state index in [1.165, 1.54) is 23.1 Å². The Morgan fingerprint density at radius 1 is 0.732 bits per heavy atom. The Labute approximate surface area is 246 Å². The van der Waals surface area contributed by atoms with Gasteiger partial charge in [-0.1, -0.05) is 39.0 Å². The van der Waals surface area contributed by atoms with Crippen molar-refractivity contribution in [2.24, 2.45) is 0 Å². The van der Waals surface area contributed by atoms with Crippen LogP contribution >= 0.6 is 11.8 Å². The van der Waals surface area contributed by atoms with Crippen molar-refractivity contribution in [3.63, 3.8) is 0 Å². The van der Waals surface area contributed by atoms with Gasteiger partial charge in [0, 0.05) is 34.4 Å². The molecule has 0 fully saturated rings. The van der Waals surface area contributed by atoms with Gasteiger partial charge in [-0.05, 0) is 96.1 Å². The number of nitrogens with one attached hydrogen (secondary N) is 2. The molecule has 0 atom stereocenters. The summed E-state index contributed by atoms with van der Waals surface area (Å²) >= 11 is 1.54. The van der Waals surface area contributed by atoms with Crippen LogP contribution in [0.15, 0.2) is 107 Å². The number of rotatable bonds is 8. The van der Waals surface area contributed by atoms with Gasteiger partial charge in [-0.15, -0.1) is 11.8 Å². The number of hydrogen-bond acceptors (Lipinski definition) is 5. The average molecular weight is 588 g/mol. The van der Waals surface area contributed by atoms with Crippen LogP contribution < -0.4 is 14.9 Å². The van der Waals surface area contributed by atoms with E-state index in [0.717, 1.165) is 10.5 Å². The fourth-order valence-electron chi connectivity index (χ4n) is 4.07. The average Bonchev–Trinajstić information content (AvgIpc) is 2.96. The number of benzene rings is 4. The summed E-state index contributed by atoms with van der Waals surface area (Å²) in [6.45, 7) is 6.35. The molecule has 2 N–H and O–H groups in total.